The normalized spacial score (nSPS) is 18.0. The van der Waals surface area contributed by atoms with E-state index in [1.165, 1.54) is 37.1 Å². The molecule has 2 aliphatic carbocycles. The molecule has 2 aliphatic rings. The number of aromatic nitrogens is 4. The Hall–Kier alpha value is -1.75. The third-order valence-electron chi connectivity index (χ3n) is 4.13. The molecular formula is C15H19N5. The van der Waals surface area contributed by atoms with Crippen molar-refractivity contribution in [1.82, 2.24) is 25.1 Å². The van der Waals surface area contributed by atoms with Crippen LogP contribution in [-0.2, 0) is 19.4 Å². The summed E-state index contributed by atoms with van der Waals surface area (Å²) in [6.07, 6.45) is 9.18. The topological polar surface area (TPSA) is 55.6 Å². The molecule has 0 radical (unpaired) electrons. The molecule has 104 valence electrons. The van der Waals surface area contributed by atoms with Crippen LogP contribution in [0.3, 0.4) is 0 Å². The van der Waals surface area contributed by atoms with Crippen LogP contribution in [0.15, 0.2) is 18.5 Å². The quantitative estimate of drug-likeness (QED) is 0.919. The SMILES string of the molecule is c1cc(-n2cnc3c2CCCC3)nnc1CNC1CC1. The summed E-state index contributed by atoms with van der Waals surface area (Å²) in [5.74, 6) is 0.885. The van der Waals surface area contributed by atoms with Gasteiger partial charge >= 0.3 is 0 Å². The summed E-state index contributed by atoms with van der Waals surface area (Å²) in [6, 6.07) is 4.82. The number of nitrogens with zero attached hydrogens (tertiary/aromatic N) is 4. The number of aryl methyl sites for hydroxylation is 1. The maximum absolute atomic E-state index is 4.51. The minimum atomic E-state index is 0.706. The van der Waals surface area contributed by atoms with Gasteiger partial charge in [0.15, 0.2) is 5.82 Å². The van der Waals surface area contributed by atoms with E-state index in [1.807, 2.05) is 12.4 Å². The van der Waals surface area contributed by atoms with E-state index in [1.54, 1.807) is 0 Å². The van der Waals surface area contributed by atoms with Crippen LogP contribution in [0.25, 0.3) is 5.82 Å². The van der Waals surface area contributed by atoms with Crippen LogP contribution in [0.1, 0.15) is 42.8 Å². The fraction of sp³-hybridized carbons (Fsp3) is 0.533. The zero-order chi connectivity index (χ0) is 13.4. The molecule has 1 N–H and O–H groups in total. The summed E-state index contributed by atoms with van der Waals surface area (Å²) >= 11 is 0. The van der Waals surface area contributed by atoms with Gasteiger partial charge in [0.25, 0.3) is 0 Å². The van der Waals surface area contributed by atoms with Crippen LogP contribution in [0.2, 0.25) is 0 Å². The maximum atomic E-state index is 4.51. The lowest BCUT2D eigenvalue weighted by molar-refractivity contribution is 0.647. The molecule has 0 spiro atoms. The molecule has 2 aromatic rings. The molecular weight excluding hydrogens is 250 g/mol. The van der Waals surface area contributed by atoms with E-state index in [0.29, 0.717) is 6.04 Å². The van der Waals surface area contributed by atoms with Crippen molar-refractivity contribution in [2.45, 2.75) is 51.1 Å². The van der Waals surface area contributed by atoms with E-state index in [0.717, 1.165) is 30.9 Å². The minimum Gasteiger partial charge on any atom is -0.308 e. The van der Waals surface area contributed by atoms with Gasteiger partial charge in [-0.3, -0.25) is 4.57 Å². The molecule has 1 fully saturated rings. The maximum Gasteiger partial charge on any atom is 0.160 e. The lowest BCUT2D eigenvalue weighted by Crippen LogP contribution is -2.17. The number of hydrogen-bond donors (Lipinski definition) is 1. The van der Waals surface area contributed by atoms with E-state index >= 15 is 0 Å². The molecule has 0 bridgehead atoms. The average molecular weight is 269 g/mol. The molecule has 0 aromatic carbocycles. The molecule has 0 amide bonds. The molecule has 5 heteroatoms. The Morgan fingerprint density at radius 1 is 1.15 bits per heavy atom. The molecule has 5 nitrogen and oxygen atoms in total. The fourth-order valence-electron chi connectivity index (χ4n) is 2.78. The molecule has 20 heavy (non-hydrogen) atoms. The zero-order valence-electron chi connectivity index (χ0n) is 11.5. The van der Waals surface area contributed by atoms with Crippen molar-refractivity contribution in [3.8, 4) is 5.82 Å². The number of imidazole rings is 1. The van der Waals surface area contributed by atoms with E-state index in [2.05, 4.69) is 31.1 Å². The first-order valence-corrected chi connectivity index (χ1v) is 7.51. The van der Waals surface area contributed by atoms with Crippen molar-refractivity contribution in [1.29, 1.82) is 0 Å². The zero-order valence-corrected chi connectivity index (χ0v) is 11.5. The molecule has 2 heterocycles. The molecule has 4 rings (SSSR count). The molecule has 0 saturated heterocycles. The van der Waals surface area contributed by atoms with Crippen molar-refractivity contribution in [3.05, 3.63) is 35.5 Å². The highest BCUT2D eigenvalue weighted by atomic mass is 15.2. The molecule has 0 aliphatic heterocycles. The van der Waals surface area contributed by atoms with Crippen molar-refractivity contribution >= 4 is 0 Å². The van der Waals surface area contributed by atoms with Gasteiger partial charge in [0.2, 0.25) is 0 Å². The summed E-state index contributed by atoms with van der Waals surface area (Å²) < 4.78 is 2.10. The highest BCUT2D eigenvalue weighted by molar-refractivity contribution is 5.29. The summed E-state index contributed by atoms with van der Waals surface area (Å²) in [7, 11) is 0. The smallest absolute Gasteiger partial charge is 0.160 e. The second-order valence-corrected chi connectivity index (χ2v) is 5.75. The van der Waals surface area contributed by atoms with Gasteiger partial charge in [-0.05, 0) is 50.7 Å². The third-order valence-corrected chi connectivity index (χ3v) is 4.13. The van der Waals surface area contributed by atoms with Crippen LogP contribution in [0.4, 0.5) is 0 Å². The van der Waals surface area contributed by atoms with Gasteiger partial charge < -0.3 is 5.32 Å². The van der Waals surface area contributed by atoms with Gasteiger partial charge in [0.05, 0.1) is 11.4 Å². The Kier molecular flexibility index (Phi) is 2.99. The third kappa shape index (κ3) is 2.33. The first kappa shape index (κ1) is 12.0. The number of nitrogens with one attached hydrogen (secondary N) is 1. The first-order chi connectivity index (χ1) is 9.90. The van der Waals surface area contributed by atoms with Crippen LogP contribution in [0, 0.1) is 0 Å². The second-order valence-electron chi connectivity index (χ2n) is 5.75. The van der Waals surface area contributed by atoms with Gasteiger partial charge in [-0.25, -0.2) is 4.98 Å². The van der Waals surface area contributed by atoms with E-state index in [9.17, 15) is 0 Å². The van der Waals surface area contributed by atoms with Gasteiger partial charge in [0, 0.05) is 18.3 Å². The van der Waals surface area contributed by atoms with Crippen molar-refractivity contribution in [3.63, 3.8) is 0 Å². The minimum absolute atomic E-state index is 0.706. The highest BCUT2D eigenvalue weighted by Gasteiger charge is 2.20. The summed E-state index contributed by atoms with van der Waals surface area (Å²) in [5, 5.41) is 12.1. The van der Waals surface area contributed by atoms with Crippen LogP contribution >= 0.6 is 0 Å². The summed E-state index contributed by atoms with van der Waals surface area (Å²) in [4.78, 5) is 4.51. The molecule has 1 saturated carbocycles. The van der Waals surface area contributed by atoms with Crippen LogP contribution < -0.4 is 5.32 Å². The second kappa shape index (κ2) is 4.98. The number of hydrogen-bond acceptors (Lipinski definition) is 4. The monoisotopic (exact) mass is 269 g/mol. The van der Waals surface area contributed by atoms with Crippen LogP contribution in [0.5, 0.6) is 0 Å². The van der Waals surface area contributed by atoms with Gasteiger partial charge in [-0.1, -0.05) is 0 Å². The van der Waals surface area contributed by atoms with Crippen LogP contribution in [-0.4, -0.2) is 25.8 Å². The molecule has 2 aromatic heterocycles. The average Bonchev–Trinajstić information content (AvgIpc) is 3.23. The van der Waals surface area contributed by atoms with E-state index in [4.69, 9.17) is 0 Å². The van der Waals surface area contributed by atoms with Gasteiger partial charge in [0.1, 0.15) is 6.33 Å². The first-order valence-electron chi connectivity index (χ1n) is 7.51. The summed E-state index contributed by atoms with van der Waals surface area (Å²) in [6.45, 7) is 0.819. The predicted octanol–water partition coefficient (Wildman–Crippen LogP) is 1.79. The molecule has 0 atom stereocenters. The Bertz CT molecular complexity index is 597. The van der Waals surface area contributed by atoms with Gasteiger partial charge in [-0.15, -0.1) is 5.10 Å². The standard InChI is InChI=1S/C15H19N5/c1-2-4-14-13(3-1)17-10-20(14)15-8-7-12(18-19-15)9-16-11-5-6-11/h7-8,10-11,16H,1-6,9H2. The highest BCUT2D eigenvalue weighted by Crippen LogP contribution is 2.22. The lowest BCUT2D eigenvalue weighted by atomic mass is 10.0. The summed E-state index contributed by atoms with van der Waals surface area (Å²) in [5.41, 5.74) is 3.56. The van der Waals surface area contributed by atoms with Gasteiger partial charge in [-0.2, -0.15) is 5.10 Å². The number of fused-ring (bicyclic) bond motifs is 1. The lowest BCUT2D eigenvalue weighted by Gasteiger charge is -2.13. The predicted molar refractivity (Wildman–Crippen MR) is 75.7 cm³/mol. The van der Waals surface area contributed by atoms with E-state index in [-0.39, 0.29) is 0 Å². The Morgan fingerprint density at radius 2 is 2.05 bits per heavy atom. The molecule has 0 unspecified atom stereocenters. The Balaban J connectivity index is 1.54. The Morgan fingerprint density at radius 3 is 2.85 bits per heavy atom. The fourth-order valence-corrected chi connectivity index (χ4v) is 2.78. The number of rotatable bonds is 4. The van der Waals surface area contributed by atoms with Crippen molar-refractivity contribution in [2.24, 2.45) is 0 Å². The largest absolute Gasteiger partial charge is 0.308 e. The Labute approximate surface area is 118 Å². The van der Waals surface area contributed by atoms with Crippen molar-refractivity contribution in [2.75, 3.05) is 0 Å². The van der Waals surface area contributed by atoms with Crippen molar-refractivity contribution < 1.29 is 0 Å². The van der Waals surface area contributed by atoms with E-state index < -0.39 is 0 Å².